The molecule has 1 amide bonds. The van der Waals surface area contributed by atoms with E-state index in [-0.39, 0.29) is 23.5 Å². The molecule has 0 unspecified atom stereocenters. The summed E-state index contributed by atoms with van der Waals surface area (Å²) in [6.45, 7) is 0. The van der Waals surface area contributed by atoms with E-state index < -0.39 is 0 Å². The number of hydrogen-bond acceptors (Lipinski definition) is 4. The molecule has 2 rings (SSSR count). The van der Waals surface area contributed by atoms with Crippen molar-refractivity contribution >= 4 is 17.3 Å². The Kier molecular flexibility index (Phi) is 4.18. The summed E-state index contributed by atoms with van der Waals surface area (Å²) in [6.07, 6.45) is 0.210. The van der Waals surface area contributed by atoms with Crippen molar-refractivity contribution in [2.75, 3.05) is 11.1 Å². The maximum Gasteiger partial charge on any atom is 0.228 e. The number of carbonyl (C=O) groups is 1. The van der Waals surface area contributed by atoms with Gasteiger partial charge in [0.15, 0.2) is 0 Å². The SMILES string of the molecule is N#Cc1ccc(NC(=O)Cc2ccc(N)cc2)cc1C#N. The summed E-state index contributed by atoms with van der Waals surface area (Å²) in [7, 11) is 0. The molecule has 0 aliphatic rings. The van der Waals surface area contributed by atoms with Crippen LogP contribution in [0.15, 0.2) is 42.5 Å². The van der Waals surface area contributed by atoms with Gasteiger partial charge < -0.3 is 11.1 Å². The van der Waals surface area contributed by atoms with Gasteiger partial charge in [-0.05, 0) is 35.9 Å². The Morgan fingerprint density at radius 2 is 1.71 bits per heavy atom. The number of amides is 1. The molecular formula is C16H12N4O. The van der Waals surface area contributed by atoms with Crippen LogP contribution in [-0.2, 0) is 11.2 Å². The highest BCUT2D eigenvalue weighted by Crippen LogP contribution is 2.15. The number of nitrogens with one attached hydrogen (secondary N) is 1. The van der Waals surface area contributed by atoms with E-state index in [1.807, 2.05) is 12.1 Å². The Balaban J connectivity index is 2.08. The monoisotopic (exact) mass is 276 g/mol. The zero-order valence-electron chi connectivity index (χ0n) is 11.1. The van der Waals surface area contributed by atoms with Crippen LogP contribution in [0.4, 0.5) is 11.4 Å². The summed E-state index contributed by atoms with van der Waals surface area (Å²) in [5.74, 6) is -0.201. The van der Waals surface area contributed by atoms with Crippen LogP contribution < -0.4 is 11.1 Å². The summed E-state index contributed by atoms with van der Waals surface area (Å²) in [4.78, 5) is 11.9. The van der Waals surface area contributed by atoms with Gasteiger partial charge in [0.25, 0.3) is 0 Å². The average molecular weight is 276 g/mol. The molecule has 0 saturated carbocycles. The first-order chi connectivity index (χ1) is 10.1. The van der Waals surface area contributed by atoms with Crippen LogP contribution >= 0.6 is 0 Å². The first-order valence-electron chi connectivity index (χ1n) is 6.21. The van der Waals surface area contributed by atoms with Crippen molar-refractivity contribution in [3.63, 3.8) is 0 Å². The number of nitriles is 2. The Bertz CT molecular complexity index is 751. The molecule has 5 nitrogen and oxygen atoms in total. The Labute approximate surface area is 122 Å². The lowest BCUT2D eigenvalue weighted by Crippen LogP contribution is -2.14. The highest BCUT2D eigenvalue weighted by atomic mass is 16.1. The van der Waals surface area contributed by atoms with Crippen LogP contribution in [-0.4, -0.2) is 5.91 Å². The van der Waals surface area contributed by atoms with E-state index in [2.05, 4.69) is 5.32 Å². The summed E-state index contributed by atoms with van der Waals surface area (Å²) >= 11 is 0. The van der Waals surface area contributed by atoms with Crippen LogP contribution in [0.25, 0.3) is 0 Å². The molecule has 0 bridgehead atoms. The van der Waals surface area contributed by atoms with E-state index in [4.69, 9.17) is 16.3 Å². The minimum atomic E-state index is -0.201. The molecule has 0 atom stereocenters. The second-order valence-corrected chi connectivity index (χ2v) is 4.45. The molecule has 0 fully saturated rings. The molecular weight excluding hydrogens is 264 g/mol. The summed E-state index contributed by atoms with van der Waals surface area (Å²) in [5.41, 5.74) is 8.09. The zero-order valence-corrected chi connectivity index (χ0v) is 11.1. The number of nitrogens with two attached hydrogens (primary N) is 1. The first kappa shape index (κ1) is 14.1. The van der Waals surface area contributed by atoms with E-state index in [1.165, 1.54) is 12.1 Å². The van der Waals surface area contributed by atoms with Gasteiger partial charge in [-0.3, -0.25) is 4.79 Å². The second-order valence-electron chi connectivity index (χ2n) is 4.45. The Morgan fingerprint density at radius 3 is 2.33 bits per heavy atom. The molecule has 3 N–H and O–H groups in total. The lowest BCUT2D eigenvalue weighted by molar-refractivity contribution is -0.115. The number of benzene rings is 2. The molecule has 5 heteroatoms. The number of carbonyl (C=O) groups excluding carboxylic acids is 1. The first-order valence-corrected chi connectivity index (χ1v) is 6.21. The number of hydrogen-bond donors (Lipinski definition) is 2. The topological polar surface area (TPSA) is 103 Å². The Hall–Kier alpha value is -3.31. The maximum atomic E-state index is 11.9. The average Bonchev–Trinajstić information content (AvgIpc) is 2.49. The highest BCUT2D eigenvalue weighted by molar-refractivity contribution is 5.92. The van der Waals surface area contributed by atoms with Crippen molar-refractivity contribution in [3.8, 4) is 12.1 Å². The molecule has 0 aliphatic heterocycles. The zero-order chi connectivity index (χ0) is 15.2. The van der Waals surface area contributed by atoms with Crippen molar-refractivity contribution in [2.24, 2.45) is 0 Å². The van der Waals surface area contributed by atoms with E-state index >= 15 is 0 Å². The summed E-state index contributed by atoms with van der Waals surface area (Å²) < 4.78 is 0. The minimum Gasteiger partial charge on any atom is -0.399 e. The van der Waals surface area contributed by atoms with Gasteiger partial charge in [-0.1, -0.05) is 12.1 Å². The smallest absolute Gasteiger partial charge is 0.228 e. The normalized spacial score (nSPS) is 9.43. The van der Waals surface area contributed by atoms with Crippen molar-refractivity contribution in [1.29, 1.82) is 10.5 Å². The molecule has 0 aromatic heterocycles. The van der Waals surface area contributed by atoms with Crippen LogP contribution in [0, 0.1) is 22.7 Å². The van der Waals surface area contributed by atoms with Gasteiger partial charge in [0.05, 0.1) is 17.5 Å². The van der Waals surface area contributed by atoms with Crippen LogP contribution in [0.3, 0.4) is 0 Å². The van der Waals surface area contributed by atoms with Crippen LogP contribution in [0.1, 0.15) is 16.7 Å². The van der Waals surface area contributed by atoms with Crippen molar-refractivity contribution in [1.82, 2.24) is 0 Å². The number of nitrogen functional groups attached to an aromatic ring is 1. The van der Waals surface area contributed by atoms with Crippen molar-refractivity contribution in [2.45, 2.75) is 6.42 Å². The van der Waals surface area contributed by atoms with Crippen LogP contribution in [0.2, 0.25) is 0 Å². The molecule has 0 heterocycles. The quantitative estimate of drug-likeness (QED) is 0.838. The van der Waals surface area contributed by atoms with Gasteiger partial charge in [0, 0.05) is 11.4 Å². The number of anilines is 2. The van der Waals surface area contributed by atoms with Gasteiger partial charge in [-0.25, -0.2) is 0 Å². The van der Waals surface area contributed by atoms with E-state index in [9.17, 15) is 4.79 Å². The number of rotatable bonds is 3. The molecule has 2 aromatic carbocycles. The van der Waals surface area contributed by atoms with Gasteiger partial charge >= 0.3 is 0 Å². The van der Waals surface area contributed by atoms with Gasteiger partial charge in [-0.15, -0.1) is 0 Å². The minimum absolute atomic E-state index is 0.201. The van der Waals surface area contributed by atoms with Crippen LogP contribution in [0.5, 0.6) is 0 Å². The number of nitrogens with zero attached hydrogens (tertiary/aromatic N) is 2. The van der Waals surface area contributed by atoms with E-state index in [0.717, 1.165) is 5.56 Å². The third-order valence-corrected chi connectivity index (χ3v) is 2.89. The van der Waals surface area contributed by atoms with E-state index in [0.29, 0.717) is 11.4 Å². The molecule has 0 saturated heterocycles. The third kappa shape index (κ3) is 3.59. The fourth-order valence-electron chi connectivity index (χ4n) is 1.84. The molecule has 2 aromatic rings. The second kappa shape index (κ2) is 6.23. The molecule has 0 radical (unpaired) electrons. The maximum absolute atomic E-state index is 11.9. The molecule has 102 valence electrons. The van der Waals surface area contributed by atoms with Crippen molar-refractivity contribution in [3.05, 3.63) is 59.2 Å². The standard InChI is InChI=1S/C16H12N4O/c17-9-12-3-6-15(8-13(12)10-18)20-16(21)7-11-1-4-14(19)5-2-11/h1-6,8H,7,19H2,(H,20,21). The molecule has 0 spiro atoms. The fraction of sp³-hybridized carbons (Fsp3) is 0.0625. The van der Waals surface area contributed by atoms with Crippen molar-refractivity contribution < 1.29 is 4.79 Å². The molecule has 0 aliphatic carbocycles. The predicted molar refractivity (Wildman–Crippen MR) is 79.1 cm³/mol. The van der Waals surface area contributed by atoms with Gasteiger partial charge in [0.2, 0.25) is 5.91 Å². The largest absolute Gasteiger partial charge is 0.399 e. The Morgan fingerprint density at radius 1 is 1.05 bits per heavy atom. The lowest BCUT2D eigenvalue weighted by atomic mass is 10.1. The summed E-state index contributed by atoms with van der Waals surface area (Å²) in [5, 5.41) is 20.5. The van der Waals surface area contributed by atoms with Gasteiger partial charge in [0.1, 0.15) is 12.1 Å². The fourth-order valence-corrected chi connectivity index (χ4v) is 1.84. The third-order valence-electron chi connectivity index (χ3n) is 2.89. The predicted octanol–water partition coefficient (Wildman–Crippen LogP) is 2.19. The summed E-state index contributed by atoms with van der Waals surface area (Å²) in [6, 6.07) is 15.5. The van der Waals surface area contributed by atoms with E-state index in [1.54, 1.807) is 30.3 Å². The lowest BCUT2D eigenvalue weighted by Gasteiger charge is -2.06. The van der Waals surface area contributed by atoms with Gasteiger partial charge in [-0.2, -0.15) is 10.5 Å². The molecule has 21 heavy (non-hydrogen) atoms. The highest BCUT2D eigenvalue weighted by Gasteiger charge is 2.07.